The van der Waals surface area contributed by atoms with Gasteiger partial charge in [0.1, 0.15) is 0 Å². The maximum absolute atomic E-state index is 5.33. The van der Waals surface area contributed by atoms with Crippen LogP contribution in [0.1, 0.15) is 11.1 Å². The first-order valence-electron chi connectivity index (χ1n) is 6.62. The van der Waals surface area contributed by atoms with Crippen LogP contribution in [0.25, 0.3) is 0 Å². The quantitative estimate of drug-likeness (QED) is 0.885. The first-order valence-corrected chi connectivity index (χ1v) is 6.62. The molecular formula is C16H20N2O3. The number of aromatic nitrogens is 1. The summed E-state index contributed by atoms with van der Waals surface area (Å²) < 4.78 is 16.0. The Morgan fingerprint density at radius 1 is 0.952 bits per heavy atom. The average molecular weight is 288 g/mol. The number of methoxy groups -OCH3 is 3. The van der Waals surface area contributed by atoms with Gasteiger partial charge < -0.3 is 19.5 Å². The number of rotatable bonds is 6. The van der Waals surface area contributed by atoms with Crippen molar-refractivity contribution in [3.8, 4) is 17.2 Å². The summed E-state index contributed by atoms with van der Waals surface area (Å²) in [4.78, 5) is 4.18. The smallest absolute Gasteiger partial charge is 0.203 e. The molecule has 0 fully saturated rings. The topological polar surface area (TPSA) is 52.6 Å². The Kier molecular flexibility index (Phi) is 4.87. The molecule has 0 atom stereocenters. The van der Waals surface area contributed by atoms with Gasteiger partial charge in [0, 0.05) is 36.8 Å². The fourth-order valence-corrected chi connectivity index (χ4v) is 2.10. The summed E-state index contributed by atoms with van der Waals surface area (Å²) in [7, 11) is 4.79. The number of hydrogen-bond acceptors (Lipinski definition) is 5. The molecule has 112 valence electrons. The average Bonchev–Trinajstić information content (AvgIpc) is 2.51. The normalized spacial score (nSPS) is 10.1. The number of ether oxygens (including phenoxy) is 3. The van der Waals surface area contributed by atoms with Crippen LogP contribution >= 0.6 is 0 Å². The Hall–Kier alpha value is -2.43. The van der Waals surface area contributed by atoms with Crippen molar-refractivity contribution in [1.82, 2.24) is 4.98 Å². The van der Waals surface area contributed by atoms with E-state index >= 15 is 0 Å². The predicted molar refractivity (Wildman–Crippen MR) is 82.4 cm³/mol. The molecule has 0 aliphatic rings. The van der Waals surface area contributed by atoms with Gasteiger partial charge in [0.15, 0.2) is 11.5 Å². The largest absolute Gasteiger partial charge is 0.493 e. The summed E-state index contributed by atoms with van der Waals surface area (Å²) >= 11 is 0. The molecule has 2 aromatic rings. The van der Waals surface area contributed by atoms with Crippen molar-refractivity contribution in [1.29, 1.82) is 0 Å². The van der Waals surface area contributed by atoms with Crippen LogP contribution in [-0.4, -0.2) is 26.3 Å². The van der Waals surface area contributed by atoms with Crippen LogP contribution in [-0.2, 0) is 6.54 Å². The SMILES string of the molecule is COc1cc(NCc2cncc(C)c2)cc(OC)c1OC. The fraction of sp³-hybridized carbons (Fsp3) is 0.312. The van der Waals surface area contributed by atoms with Crippen molar-refractivity contribution in [2.24, 2.45) is 0 Å². The monoisotopic (exact) mass is 288 g/mol. The highest BCUT2D eigenvalue weighted by Crippen LogP contribution is 2.39. The summed E-state index contributed by atoms with van der Waals surface area (Å²) in [5.41, 5.74) is 3.15. The van der Waals surface area contributed by atoms with Gasteiger partial charge in [-0.2, -0.15) is 0 Å². The van der Waals surface area contributed by atoms with E-state index < -0.39 is 0 Å². The van der Waals surface area contributed by atoms with Crippen LogP contribution in [0.4, 0.5) is 5.69 Å². The molecular weight excluding hydrogens is 268 g/mol. The van der Waals surface area contributed by atoms with Crippen molar-refractivity contribution in [2.75, 3.05) is 26.6 Å². The lowest BCUT2D eigenvalue weighted by Crippen LogP contribution is -2.02. The van der Waals surface area contributed by atoms with Crippen LogP contribution in [0, 0.1) is 6.92 Å². The zero-order chi connectivity index (χ0) is 15.2. The highest BCUT2D eigenvalue weighted by molar-refractivity contribution is 5.62. The van der Waals surface area contributed by atoms with Gasteiger partial charge in [0.2, 0.25) is 5.75 Å². The van der Waals surface area contributed by atoms with Gasteiger partial charge in [-0.05, 0) is 18.1 Å². The summed E-state index contributed by atoms with van der Waals surface area (Å²) in [5, 5.41) is 3.33. The maximum atomic E-state index is 5.33. The molecule has 5 nitrogen and oxygen atoms in total. The molecule has 0 saturated carbocycles. The summed E-state index contributed by atoms with van der Waals surface area (Å²) in [5.74, 6) is 1.84. The molecule has 0 radical (unpaired) electrons. The number of nitrogens with zero attached hydrogens (tertiary/aromatic N) is 1. The molecule has 1 N–H and O–H groups in total. The molecule has 0 saturated heterocycles. The summed E-state index contributed by atoms with van der Waals surface area (Å²) in [6.07, 6.45) is 3.68. The molecule has 21 heavy (non-hydrogen) atoms. The van der Waals surface area contributed by atoms with Gasteiger partial charge >= 0.3 is 0 Å². The highest BCUT2D eigenvalue weighted by atomic mass is 16.5. The molecule has 5 heteroatoms. The molecule has 1 heterocycles. The third-order valence-corrected chi connectivity index (χ3v) is 3.09. The highest BCUT2D eigenvalue weighted by Gasteiger charge is 2.12. The van der Waals surface area contributed by atoms with E-state index in [0.29, 0.717) is 23.8 Å². The Morgan fingerprint density at radius 2 is 1.62 bits per heavy atom. The molecule has 0 bridgehead atoms. The maximum Gasteiger partial charge on any atom is 0.203 e. The van der Waals surface area contributed by atoms with Crippen LogP contribution in [0.15, 0.2) is 30.6 Å². The Balaban J connectivity index is 2.20. The third kappa shape index (κ3) is 3.56. The van der Waals surface area contributed by atoms with Gasteiger partial charge in [-0.15, -0.1) is 0 Å². The van der Waals surface area contributed by atoms with Gasteiger partial charge in [0.05, 0.1) is 21.3 Å². The second-order valence-electron chi connectivity index (χ2n) is 4.64. The van der Waals surface area contributed by atoms with Crippen molar-refractivity contribution >= 4 is 5.69 Å². The second kappa shape index (κ2) is 6.83. The lowest BCUT2D eigenvalue weighted by atomic mass is 10.2. The molecule has 0 aliphatic carbocycles. The summed E-state index contributed by atoms with van der Waals surface area (Å²) in [6.45, 7) is 2.70. The van der Waals surface area contributed by atoms with Crippen molar-refractivity contribution in [3.63, 3.8) is 0 Å². The van der Waals surface area contributed by atoms with Crippen LogP contribution < -0.4 is 19.5 Å². The number of aryl methyl sites for hydroxylation is 1. The molecule has 0 spiro atoms. The number of nitrogens with one attached hydrogen (secondary N) is 1. The van der Waals surface area contributed by atoms with Crippen molar-refractivity contribution in [3.05, 3.63) is 41.7 Å². The Bertz CT molecular complexity index is 589. The molecule has 1 aromatic heterocycles. The van der Waals surface area contributed by atoms with E-state index in [0.717, 1.165) is 16.8 Å². The second-order valence-corrected chi connectivity index (χ2v) is 4.64. The molecule has 1 aromatic carbocycles. The number of hydrogen-bond donors (Lipinski definition) is 1. The van der Waals surface area contributed by atoms with E-state index in [1.807, 2.05) is 31.5 Å². The van der Waals surface area contributed by atoms with Crippen molar-refractivity contribution in [2.45, 2.75) is 13.5 Å². The zero-order valence-corrected chi connectivity index (χ0v) is 12.8. The number of anilines is 1. The minimum Gasteiger partial charge on any atom is -0.493 e. The van der Waals surface area contributed by atoms with E-state index in [2.05, 4.69) is 16.4 Å². The van der Waals surface area contributed by atoms with E-state index in [-0.39, 0.29) is 0 Å². The van der Waals surface area contributed by atoms with E-state index in [1.54, 1.807) is 21.3 Å². The zero-order valence-electron chi connectivity index (χ0n) is 12.8. The summed E-state index contributed by atoms with van der Waals surface area (Å²) in [6, 6.07) is 5.85. The number of pyridine rings is 1. The predicted octanol–water partition coefficient (Wildman–Crippen LogP) is 3.03. The van der Waals surface area contributed by atoms with Crippen LogP contribution in [0.2, 0.25) is 0 Å². The first-order chi connectivity index (χ1) is 10.2. The van der Waals surface area contributed by atoms with E-state index in [4.69, 9.17) is 14.2 Å². The van der Waals surface area contributed by atoms with Gasteiger partial charge in [-0.3, -0.25) is 4.98 Å². The third-order valence-electron chi connectivity index (χ3n) is 3.09. The van der Waals surface area contributed by atoms with Crippen molar-refractivity contribution < 1.29 is 14.2 Å². The Labute approximate surface area is 124 Å². The molecule has 0 aliphatic heterocycles. The van der Waals surface area contributed by atoms with Crippen LogP contribution in [0.3, 0.4) is 0 Å². The Morgan fingerprint density at radius 3 is 2.14 bits per heavy atom. The van der Waals surface area contributed by atoms with E-state index in [9.17, 15) is 0 Å². The van der Waals surface area contributed by atoms with Gasteiger partial charge in [0.25, 0.3) is 0 Å². The number of benzene rings is 1. The van der Waals surface area contributed by atoms with E-state index in [1.165, 1.54) is 0 Å². The van der Waals surface area contributed by atoms with Gasteiger partial charge in [-0.25, -0.2) is 0 Å². The lowest BCUT2D eigenvalue weighted by molar-refractivity contribution is 0.324. The standard InChI is InChI=1S/C16H20N2O3/c1-11-5-12(9-17-8-11)10-18-13-6-14(19-2)16(21-4)15(7-13)20-3/h5-9,18H,10H2,1-4H3. The first kappa shape index (κ1) is 15.0. The minimum atomic E-state index is 0.586. The fourth-order valence-electron chi connectivity index (χ4n) is 2.10. The molecule has 0 amide bonds. The lowest BCUT2D eigenvalue weighted by Gasteiger charge is -2.15. The molecule has 0 unspecified atom stereocenters. The minimum absolute atomic E-state index is 0.586. The van der Waals surface area contributed by atoms with Gasteiger partial charge in [-0.1, -0.05) is 6.07 Å². The van der Waals surface area contributed by atoms with Crippen LogP contribution in [0.5, 0.6) is 17.2 Å². The molecule has 2 rings (SSSR count).